The first-order chi connectivity index (χ1) is 45.3. The lowest BCUT2D eigenvalue weighted by atomic mass is 9.85. The second-order valence-corrected chi connectivity index (χ2v) is 39.4. The number of carboxylic acids is 1. The number of benzene rings is 4. The number of carbonyl (C=O) groups is 6. The molecule has 2 N–H and O–H groups in total. The van der Waals surface area contributed by atoms with E-state index < -0.39 is 75.7 Å². The summed E-state index contributed by atoms with van der Waals surface area (Å²) in [6, 6.07) is 34.9. The third kappa shape index (κ3) is 19.9. The van der Waals surface area contributed by atoms with Crippen molar-refractivity contribution in [3.8, 4) is 23.0 Å². The molecule has 21 nitrogen and oxygen atoms in total. The molecule has 0 spiro atoms. The fourth-order valence-electron chi connectivity index (χ4n) is 10.6. The van der Waals surface area contributed by atoms with Crippen molar-refractivity contribution in [2.24, 2.45) is 11.8 Å². The Hall–Kier alpha value is -8.81. The van der Waals surface area contributed by atoms with Crippen LogP contribution in [0.2, 0.25) is 36.3 Å². The van der Waals surface area contributed by atoms with Crippen molar-refractivity contribution in [3.05, 3.63) is 167 Å². The van der Waals surface area contributed by atoms with Crippen molar-refractivity contribution in [1.29, 1.82) is 0 Å². The number of amides is 4. The summed E-state index contributed by atoms with van der Waals surface area (Å²) in [7, 11) is 1.60. The molecule has 97 heavy (non-hydrogen) atoms. The number of hydrogen-bond donors (Lipinski definition) is 2. The number of aliphatic hydroxyl groups excluding tert-OH is 1. The smallest absolute Gasteiger partial charge is 0.416 e. The number of aromatic nitrogens is 2. The average molecular weight is 1370 g/mol. The molecule has 23 heteroatoms. The van der Waals surface area contributed by atoms with Crippen molar-refractivity contribution >= 4 is 64.0 Å². The van der Waals surface area contributed by atoms with Crippen LogP contribution in [0.1, 0.15) is 116 Å². The molecule has 524 valence electrons. The lowest BCUT2D eigenvalue weighted by Crippen LogP contribution is -2.75. The van der Waals surface area contributed by atoms with Crippen molar-refractivity contribution in [2.75, 3.05) is 38.2 Å². The van der Waals surface area contributed by atoms with E-state index in [2.05, 4.69) is 64.6 Å². The van der Waals surface area contributed by atoms with E-state index in [1.807, 2.05) is 142 Å². The van der Waals surface area contributed by atoms with E-state index in [1.54, 1.807) is 84.4 Å². The third-order valence-electron chi connectivity index (χ3n) is 18.0. The van der Waals surface area contributed by atoms with E-state index in [0.717, 1.165) is 39.1 Å². The Morgan fingerprint density at radius 1 is 0.474 bits per heavy atom. The highest BCUT2D eigenvalue weighted by atomic mass is 28.3. The van der Waals surface area contributed by atoms with Gasteiger partial charge in [0, 0.05) is 12.4 Å². The van der Waals surface area contributed by atoms with Gasteiger partial charge in [0.2, 0.25) is 11.8 Å². The molecule has 2 fully saturated rings. The Labute approximate surface area is 574 Å². The van der Waals surface area contributed by atoms with E-state index >= 15 is 0 Å². The number of rotatable bonds is 21. The van der Waals surface area contributed by atoms with Gasteiger partial charge in [0.15, 0.2) is 16.5 Å². The van der Waals surface area contributed by atoms with E-state index in [-0.39, 0.29) is 61.0 Å². The lowest BCUT2D eigenvalue weighted by Gasteiger charge is -2.57. The normalized spacial score (nSPS) is 16.3. The molecule has 2 aliphatic heterocycles. The fraction of sp³-hybridized carbons (Fsp3) is 0.459. The van der Waals surface area contributed by atoms with Crippen molar-refractivity contribution < 1.29 is 72.1 Å². The summed E-state index contributed by atoms with van der Waals surface area (Å²) in [5.41, 5.74) is 3.48. The van der Waals surface area contributed by atoms with Crippen LogP contribution in [-0.4, -0.2) is 133 Å². The molecule has 4 amide bonds. The van der Waals surface area contributed by atoms with Crippen LogP contribution in [0.5, 0.6) is 23.0 Å². The van der Waals surface area contributed by atoms with Crippen LogP contribution < -0.4 is 28.7 Å². The molecule has 4 atom stereocenters. The predicted molar refractivity (Wildman–Crippen MR) is 379 cm³/mol. The van der Waals surface area contributed by atoms with Gasteiger partial charge in [0.05, 0.1) is 60.0 Å². The molecule has 0 saturated carbocycles. The zero-order chi connectivity index (χ0) is 72.2. The summed E-state index contributed by atoms with van der Waals surface area (Å²) in [4.78, 5) is 91.9. The van der Waals surface area contributed by atoms with Gasteiger partial charge in [-0.25, -0.2) is 29.1 Å². The van der Waals surface area contributed by atoms with Crippen molar-refractivity contribution in [1.82, 2.24) is 19.1 Å². The van der Waals surface area contributed by atoms with Crippen LogP contribution >= 0.6 is 0 Å². The van der Waals surface area contributed by atoms with Gasteiger partial charge < -0.3 is 52.5 Å². The highest BCUT2D eigenvalue weighted by Gasteiger charge is 2.61. The summed E-state index contributed by atoms with van der Waals surface area (Å²) >= 11 is 0. The SMILES string of the molecule is COc1ccc(CN(C(=O)OC(C)(C)C)c2cc(CC3C(=O)N([Si](C)(C)C(C)(C)C)[C@@H]3C(=O)O)ccn2)cc1.COc1ccc(CO)cc1.COc1ccc(COC(=O)[C@@H]2C(Cc3ccnc(N(Cc4ccc(OC)cc4)C(=O)OC(C)(C)C)c3)C(=O)N2[Si](C)(C)C(C)(C)C)cc1. The maximum Gasteiger partial charge on any atom is 0.416 e. The predicted octanol–water partition coefficient (Wildman–Crippen LogP) is 13.8. The lowest BCUT2D eigenvalue weighted by molar-refractivity contribution is -0.168. The minimum atomic E-state index is -2.43. The number of carbonyl (C=O) groups excluding carboxylic acids is 5. The molecular weight excluding hydrogens is 1270 g/mol. The Balaban J connectivity index is 0.000000271. The van der Waals surface area contributed by atoms with E-state index in [4.69, 9.17) is 38.3 Å². The van der Waals surface area contributed by atoms with Crippen LogP contribution in [0, 0.1) is 11.8 Å². The number of β-lactam (4-membered cyclic amide) rings is 2. The number of hydrogen-bond acceptors (Lipinski definition) is 16. The van der Waals surface area contributed by atoms with E-state index in [1.165, 1.54) is 9.80 Å². The van der Waals surface area contributed by atoms with Crippen molar-refractivity contribution in [3.63, 3.8) is 0 Å². The number of aliphatic hydroxyl groups is 1. The van der Waals surface area contributed by atoms with E-state index in [0.29, 0.717) is 28.9 Å². The number of anilines is 2. The van der Waals surface area contributed by atoms with Crippen LogP contribution in [0.3, 0.4) is 0 Å². The molecule has 4 aromatic carbocycles. The molecule has 2 unspecified atom stereocenters. The van der Waals surface area contributed by atoms with Gasteiger partial charge in [-0.1, -0.05) is 116 Å². The molecule has 6 aromatic rings. The second kappa shape index (κ2) is 32.0. The molecule has 8 rings (SSSR count). The Morgan fingerprint density at radius 2 is 0.794 bits per heavy atom. The standard InChI is InChI=1S/C37H49N3O7Si.C29H41N3O6Si.C8H10O2/c1-36(2,3)47-35(43)39(23-25-11-15-28(44-7)16-12-25)31-22-27(19-20-38-31)21-30-32(40(33(30)41)48(9,10)37(4,5)6)34(42)46-24-26-13-17-29(45-8)18-14-26;1-28(2,3)38-27(36)31(18-19-10-12-21(37-7)13-11-19)23-17-20(14-15-30-23)16-22-24(26(34)35)32(25(22)33)39(8,9)29(4,5)6;1-10-8-4-2-7(6-9)3-5-8/h11-20,22,30,32H,21,23-24H2,1-10H3;10-15,17,22,24H,16,18H2,1-9H3,(H,34,35);2-5,9H,6H2,1H3/t30?,32-;22?,24-;/m00./s1. The van der Waals surface area contributed by atoms with Gasteiger partial charge >= 0.3 is 24.1 Å². The fourth-order valence-corrected chi connectivity index (χ4v) is 15.5. The first kappa shape index (κ1) is 77.2. The number of ether oxygens (including phenoxy) is 7. The Kier molecular flexibility index (Phi) is 25.5. The number of pyridine rings is 2. The quantitative estimate of drug-likeness (QED) is 0.0294. The highest BCUT2D eigenvalue weighted by molar-refractivity contribution is 6.80. The Morgan fingerprint density at radius 3 is 1.10 bits per heavy atom. The van der Waals surface area contributed by atoms with Crippen LogP contribution in [0.15, 0.2) is 134 Å². The van der Waals surface area contributed by atoms with Crippen LogP contribution in [0.25, 0.3) is 0 Å². The van der Waals surface area contributed by atoms with Crippen LogP contribution in [0.4, 0.5) is 21.2 Å². The van der Waals surface area contributed by atoms with Gasteiger partial charge in [-0.2, -0.15) is 0 Å². The molecule has 0 radical (unpaired) electrons. The van der Waals surface area contributed by atoms with Gasteiger partial charge in [-0.15, -0.1) is 0 Å². The number of nitrogens with zero attached hydrogens (tertiary/aromatic N) is 6. The number of methoxy groups -OCH3 is 4. The maximum atomic E-state index is 13.9. The zero-order valence-electron chi connectivity index (χ0n) is 60.1. The molecule has 0 bridgehead atoms. The molecule has 2 aliphatic rings. The molecule has 4 heterocycles. The summed E-state index contributed by atoms with van der Waals surface area (Å²) in [5, 5.41) is 18.4. The topological polar surface area (TPSA) is 246 Å². The summed E-state index contributed by atoms with van der Waals surface area (Å²) in [6.45, 7) is 32.2. The highest BCUT2D eigenvalue weighted by Crippen LogP contribution is 2.47. The second-order valence-electron chi connectivity index (χ2n) is 29.2. The maximum absolute atomic E-state index is 13.9. The molecule has 2 aromatic heterocycles. The third-order valence-corrected chi connectivity index (χ3v) is 28.7. The first-order valence-electron chi connectivity index (χ1n) is 32.4. The number of carboxylic acid groups (broad SMARTS) is 1. The minimum Gasteiger partial charge on any atom is -0.497 e. The van der Waals surface area contributed by atoms with Crippen LogP contribution in [-0.2, 0) is 72.5 Å². The Bertz CT molecular complexity index is 3630. The summed E-state index contributed by atoms with van der Waals surface area (Å²) in [5.74, 6) is 0.770. The van der Waals surface area contributed by atoms with Crippen molar-refractivity contribution in [2.45, 2.75) is 182 Å². The summed E-state index contributed by atoms with van der Waals surface area (Å²) < 4.78 is 41.4. The molecule has 2 saturated heterocycles. The number of esters is 1. The van der Waals surface area contributed by atoms with Gasteiger partial charge in [0.1, 0.15) is 64.5 Å². The van der Waals surface area contributed by atoms with Gasteiger partial charge in [-0.3, -0.25) is 19.4 Å². The number of aliphatic carboxylic acids is 1. The summed E-state index contributed by atoms with van der Waals surface area (Å²) in [6.07, 6.45) is 2.60. The van der Waals surface area contributed by atoms with Gasteiger partial charge in [0.25, 0.3) is 0 Å². The molecule has 0 aliphatic carbocycles. The van der Waals surface area contributed by atoms with Gasteiger partial charge in [-0.05, 0) is 171 Å². The first-order valence-corrected chi connectivity index (χ1v) is 38.3. The molecular formula is C74H100N6O15Si2. The largest absolute Gasteiger partial charge is 0.497 e. The average Bonchev–Trinajstić information content (AvgIpc) is 0.730. The monoisotopic (exact) mass is 1370 g/mol. The van der Waals surface area contributed by atoms with E-state index in [9.17, 15) is 33.9 Å². The zero-order valence-corrected chi connectivity index (χ0v) is 62.1. The minimum absolute atomic E-state index is 0.0615.